The number of nitrogens with one attached hydrogen (secondary N) is 2. The summed E-state index contributed by atoms with van der Waals surface area (Å²) in [5.74, 6) is 0.804. The highest BCUT2D eigenvalue weighted by atomic mass is 16.5. The monoisotopic (exact) mass is 236 g/mol. The van der Waals surface area contributed by atoms with Gasteiger partial charge in [0.05, 0.1) is 7.11 Å². The second-order valence-corrected chi connectivity index (χ2v) is 3.94. The van der Waals surface area contributed by atoms with Crippen LogP contribution in [-0.2, 0) is 4.79 Å². The van der Waals surface area contributed by atoms with Crippen molar-refractivity contribution in [2.24, 2.45) is 0 Å². The summed E-state index contributed by atoms with van der Waals surface area (Å²) in [5.41, 5.74) is 3.12. The maximum absolute atomic E-state index is 11.8. The van der Waals surface area contributed by atoms with Crippen LogP contribution in [0.25, 0.3) is 0 Å². The van der Waals surface area contributed by atoms with E-state index in [0.717, 1.165) is 22.4 Å². The number of amides is 1. The van der Waals surface area contributed by atoms with E-state index in [1.54, 1.807) is 21.2 Å². The van der Waals surface area contributed by atoms with E-state index < -0.39 is 0 Å². The zero-order valence-corrected chi connectivity index (χ0v) is 11.0. The lowest BCUT2D eigenvalue weighted by atomic mass is 9.96. The van der Waals surface area contributed by atoms with Crippen molar-refractivity contribution in [2.75, 3.05) is 21.2 Å². The average molecular weight is 236 g/mol. The summed E-state index contributed by atoms with van der Waals surface area (Å²) in [6.45, 7) is 3.99. The van der Waals surface area contributed by atoms with Gasteiger partial charge in [-0.25, -0.2) is 0 Å². The molecule has 0 aliphatic carbocycles. The molecule has 0 aromatic heterocycles. The van der Waals surface area contributed by atoms with Gasteiger partial charge in [0.2, 0.25) is 5.91 Å². The Hall–Kier alpha value is -1.55. The number of ether oxygens (including phenoxy) is 1. The van der Waals surface area contributed by atoms with E-state index in [9.17, 15) is 4.79 Å². The first-order valence-electron chi connectivity index (χ1n) is 5.59. The molecule has 1 aromatic rings. The van der Waals surface area contributed by atoms with E-state index in [2.05, 4.69) is 10.6 Å². The van der Waals surface area contributed by atoms with Crippen LogP contribution in [0.1, 0.15) is 22.7 Å². The summed E-state index contributed by atoms with van der Waals surface area (Å²) in [5, 5.41) is 5.68. The summed E-state index contributed by atoms with van der Waals surface area (Å²) >= 11 is 0. The highest BCUT2D eigenvalue weighted by Gasteiger charge is 2.20. The van der Waals surface area contributed by atoms with Crippen molar-refractivity contribution in [3.05, 3.63) is 28.8 Å². The molecule has 4 heteroatoms. The zero-order valence-electron chi connectivity index (χ0n) is 11.0. The molecule has 0 spiro atoms. The Balaban J connectivity index is 3.22. The van der Waals surface area contributed by atoms with Crippen LogP contribution in [0.5, 0.6) is 5.75 Å². The average Bonchev–Trinajstić information content (AvgIpc) is 2.35. The van der Waals surface area contributed by atoms with Gasteiger partial charge < -0.3 is 15.4 Å². The molecule has 0 fully saturated rings. The van der Waals surface area contributed by atoms with Gasteiger partial charge in [-0.3, -0.25) is 4.79 Å². The first-order valence-corrected chi connectivity index (χ1v) is 5.59. The Labute approximate surface area is 102 Å². The number of rotatable bonds is 4. The quantitative estimate of drug-likeness (QED) is 0.829. The fourth-order valence-corrected chi connectivity index (χ4v) is 1.92. The predicted molar refractivity (Wildman–Crippen MR) is 68.3 cm³/mol. The summed E-state index contributed by atoms with van der Waals surface area (Å²) < 4.78 is 5.26. The lowest BCUT2D eigenvalue weighted by molar-refractivity contribution is -0.122. The molecule has 0 aliphatic rings. The maximum Gasteiger partial charge on any atom is 0.241 e. The molecular formula is C13H20N2O2. The van der Waals surface area contributed by atoms with Crippen LogP contribution < -0.4 is 15.4 Å². The smallest absolute Gasteiger partial charge is 0.241 e. The Morgan fingerprint density at radius 3 is 2.35 bits per heavy atom. The third-order valence-electron chi connectivity index (χ3n) is 3.11. The Morgan fingerprint density at radius 1 is 1.24 bits per heavy atom. The first-order chi connectivity index (χ1) is 8.06. The molecular weight excluding hydrogens is 216 g/mol. The topological polar surface area (TPSA) is 50.4 Å². The molecule has 0 radical (unpaired) electrons. The summed E-state index contributed by atoms with van der Waals surface area (Å²) in [7, 11) is 5.06. The van der Waals surface area contributed by atoms with Gasteiger partial charge in [-0.05, 0) is 43.7 Å². The third-order valence-corrected chi connectivity index (χ3v) is 3.11. The summed E-state index contributed by atoms with van der Waals surface area (Å²) in [4.78, 5) is 11.8. The molecule has 94 valence electrons. The lowest BCUT2D eigenvalue weighted by Gasteiger charge is -2.19. The molecule has 0 heterocycles. The van der Waals surface area contributed by atoms with E-state index in [4.69, 9.17) is 4.74 Å². The Morgan fingerprint density at radius 2 is 1.88 bits per heavy atom. The fourth-order valence-electron chi connectivity index (χ4n) is 1.92. The number of carbonyl (C=O) groups excluding carboxylic acids is 1. The van der Waals surface area contributed by atoms with Crippen LogP contribution in [0.2, 0.25) is 0 Å². The van der Waals surface area contributed by atoms with E-state index in [0.29, 0.717) is 0 Å². The highest BCUT2D eigenvalue weighted by Crippen LogP contribution is 2.27. The van der Waals surface area contributed by atoms with Crippen LogP contribution in [0.3, 0.4) is 0 Å². The summed E-state index contributed by atoms with van der Waals surface area (Å²) in [6, 6.07) is 3.49. The number of benzene rings is 1. The minimum absolute atomic E-state index is 0.0415. The molecule has 0 aliphatic heterocycles. The van der Waals surface area contributed by atoms with Crippen molar-refractivity contribution >= 4 is 5.91 Å². The van der Waals surface area contributed by atoms with E-state index in [1.165, 1.54) is 0 Å². The van der Waals surface area contributed by atoms with Crippen LogP contribution in [0.15, 0.2) is 12.1 Å². The molecule has 1 rings (SSSR count). The van der Waals surface area contributed by atoms with Gasteiger partial charge in [0.1, 0.15) is 11.8 Å². The molecule has 1 aromatic carbocycles. The zero-order chi connectivity index (χ0) is 13.0. The van der Waals surface area contributed by atoms with E-state index in [-0.39, 0.29) is 11.9 Å². The number of hydrogen-bond donors (Lipinski definition) is 2. The minimum Gasteiger partial charge on any atom is -0.496 e. The van der Waals surface area contributed by atoms with Crippen molar-refractivity contribution in [1.29, 1.82) is 0 Å². The number of methoxy groups -OCH3 is 1. The number of likely N-dealkylation sites (N-methyl/N-ethyl adjacent to an activating group) is 2. The van der Waals surface area contributed by atoms with Gasteiger partial charge in [0, 0.05) is 7.05 Å². The lowest BCUT2D eigenvalue weighted by Crippen LogP contribution is -2.34. The Bertz CT molecular complexity index is 416. The van der Waals surface area contributed by atoms with Crippen molar-refractivity contribution < 1.29 is 9.53 Å². The largest absolute Gasteiger partial charge is 0.496 e. The third kappa shape index (κ3) is 2.58. The molecule has 2 N–H and O–H groups in total. The second kappa shape index (κ2) is 5.68. The SMILES string of the molecule is CNC(=O)C(NC)c1ccc(OC)c(C)c1C. The van der Waals surface area contributed by atoms with Crippen molar-refractivity contribution in [3.63, 3.8) is 0 Å². The van der Waals surface area contributed by atoms with Gasteiger partial charge in [0.25, 0.3) is 0 Å². The van der Waals surface area contributed by atoms with Gasteiger partial charge in [-0.2, -0.15) is 0 Å². The van der Waals surface area contributed by atoms with E-state index >= 15 is 0 Å². The molecule has 0 bridgehead atoms. The maximum atomic E-state index is 11.8. The molecule has 1 unspecified atom stereocenters. The molecule has 0 saturated heterocycles. The van der Waals surface area contributed by atoms with Gasteiger partial charge in [0.15, 0.2) is 0 Å². The second-order valence-electron chi connectivity index (χ2n) is 3.94. The molecule has 0 saturated carbocycles. The van der Waals surface area contributed by atoms with Crippen molar-refractivity contribution in [2.45, 2.75) is 19.9 Å². The van der Waals surface area contributed by atoms with Crippen molar-refractivity contribution in [3.8, 4) is 5.75 Å². The predicted octanol–water partition coefficient (Wildman–Crippen LogP) is 1.32. The van der Waals surface area contributed by atoms with Gasteiger partial charge in [-0.1, -0.05) is 6.07 Å². The van der Waals surface area contributed by atoms with Gasteiger partial charge in [-0.15, -0.1) is 0 Å². The van der Waals surface area contributed by atoms with Gasteiger partial charge >= 0.3 is 0 Å². The normalized spacial score (nSPS) is 12.1. The molecule has 1 amide bonds. The molecule has 17 heavy (non-hydrogen) atoms. The summed E-state index contributed by atoms with van der Waals surface area (Å²) in [6.07, 6.45) is 0. The van der Waals surface area contributed by atoms with Crippen LogP contribution in [-0.4, -0.2) is 27.1 Å². The molecule has 4 nitrogen and oxygen atoms in total. The Kier molecular flexibility index (Phi) is 4.52. The number of carbonyl (C=O) groups is 1. The van der Waals surface area contributed by atoms with Crippen molar-refractivity contribution in [1.82, 2.24) is 10.6 Å². The van der Waals surface area contributed by atoms with Crippen LogP contribution in [0.4, 0.5) is 0 Å². The standard InChI is InChI=1S/C13H20N2O2/c1-8-9(2)11(17-5)7-6-10(8)12(14-3)13(16)15-4/h6-7,12,14H,1-5H3,(H,15,16). The highest BCUT2D eigenvalue weighted by molar-refractivity contribution is 5.83. The van der Waals surface area contributed by atoms with Crippen LogP contribution >= 0.6 is 0 Å². The minimum atomic E-state index is -0.329. The fraction of sp³-hybridized carbons (Fsp3) is 0.462. The van der Waals surface area contributed by atoms with E-state index in [1.807, 2.05) is 26.0 Å². The number of hydrogen-bond acceptors (Lipinski definition) is 3. The first kappa shape index (κ1) is 13.5. The molecule has 1 atom stereocenters. The van der Waals surface area contributed by atoms with Crippen LogP contribution in [0, 0.1) is 13.8 Å².